The molecule has 1 aliphatic heterocycles. The van der Waals surface area contributed by atoms with Gasteiger partial charge >= 0.3 is 0 Å². The maximum absolute atomic E-state index is 12.8. The third kappa shape index (κ3) is 5.69. The molecule has 1 aliphatic rings. The fraction of sp³-hybridized carbons (Fsp3) is 0.318. The highest BCUT2D eigenvalue weighted by Crippen LogP contribution is 2.22. The van der Waals surface area contributed by atoms with Crippen LogP contribution in [0.4, 0.5) is 5.69 Å². The van der Waals surface area contributed by atoms with Crippen LogP contribution in [0, 0.1) is 9.49 Å². The van der Waals surface area contributed by atoms with Crippen molar-refractivity contribution in [3.05, 3.63) is 57.2 Å². The summed E-state index contributed by atoms with van der Waals surface area (Å²) in [7, 11) is 1.58. The highest BCUT2D eigenvalue weighted by atomic mass is 127. The Balaban J connectivity index is 1.61. The van der Waals surface area contributed by atoms with Crippen LogP contribution in [-0.4, -0.2) is 42.0 Å². The number of hydrogen-bond donors (Lipinski definition) is 2. The molecule has 8 heteroatoms. The van der Waals surface area contributed by atoms with Crippen molar-refractivity contribution in [1.82, 2.24) is 10.2 Å². The van der Waals surface area contributed by atoms with Gasteiger partial charge < -0.3 is 15.0 Å². The molecule has 2 aromatic carbocycles. The smallest absolute Gasteiger partial charge is 0.257 e. The lowest BCUT2D eigenvalue weighted by Gasteiger charge is -2.30. The summed E-state index contributed by atoms with van der Waals surface area (Å²) in [4.78, 5) is 27.1. The van der Waals surface area contributed by atoms with Crippen molar-refractivity contribution in [2.45, 2.75) is 19.8 Å². The van der Waals surface area contributed by atoms with E-state index in [4.69, 9.17) is 17.0 Å². The largest absolute Gasteiger partial charge is 0.496 e. The zero-order valence-corrected chi connectivity index (χ0v) is 19.9. The molecule has 2 amide bonds. The number of amides is 2. The number of carbonyl (C=O) groups excluding carboxylic acids is 2. The van der Waals surface area contributed by atoms with Gasteiger partial charge in [0.25, 0.3) is 11.8 Å². The summed E-state index contributed by atoms with van der Waals surface area (Å²) in [5.74, 6) is 1.07. The van der Waals surface area contributed by atoms with Crippen LogP contribution in [-0.2, 0) is 0 Å². The quantitative estimate of drug-likeness (QED) is 0.450. The van der Waals surface area contributed by atoms with Crippen LogP contribution in [0.3, 0.4) is 0 Å². The van der Waals surface area contributed by atoms with Gasteiger partial charge in [-0.3, -0.25) is 14.9 Å². The summed E-state index contributed by atoms with van der Waals surface area (Å²) in [6.07, 6.45) is 2.06. The average molecular weight is 537 g/mol. The molecule has 158 valence electrons. The van der Waals surface area contributed by atoms with Crippen LogP contribution < -0.4 is 15.4 Å². The van der Waals surface area contributed by atoms with E-state index in [1.807, 2.05) is 11.0 Å². The third-order valence-corrected chi connectivity index (χ3v) is 6.13. The van der Waals surface area contributed by atoms with Crippen molar-refractivity contribution in [3.63, 3.8) is 0 Å². The van der Waals surface area contributed by atoms with Crippen molar-refractivity contribution in [1.29, 1.82) is 0 Å². The van der Waals surface area contributed by atoms with E-state index < -0.39 is 0 Å². The molecule has 6 nitrogen and oxygen atoms in total. The summed E-state index contributed by atoms with van der Waals surface area (Å²) >= 11 is 7.39. The maximum atomic E-state index is 12.8. The number of nitrogens with one attached hydrogen (secondary N) is 2. The summed E-state index contributed by atoms with van der Waals surface area (Å²) in [5, 5.41) is 5.82. The lowest BCUT2D eigenvalue weighted by Crippen LogP contribution is -2.38. The second-order valence-electron chi connectivity index (χ2n) is 7.31. The molecule has 30 heavy (non-hydrogen) atoms. The Labute approximate surface area is 195 Å². The SMILES string of the molecule is COc1ccc(C(=O)NC(=S)Nc2cccc(C(=O)N3CCC(C)CC3)c2)cc1I. The predicted molar refractivity (Wildman–Crippen MR) is 130 cm³/mol. The molecular formula is C22H24IN3O3S. The normalized spacial score (nSPS) is 14.2. The van der Waals surface area contributed by atoms with E-state index in [-0.39, 0.29) is 16.9 Å². The first-order valence-corrected chi connectivity index (χ1v) is 11.2. The van der Waals surface area contributed by atoms with Crippen molar-refractivity contribution in [2.24, 2.45) is 5.92 Å². The second kappa shape index (κ2) is 10.2. The zero-order valence-electron chi connectivity index (χ0n) is 16.9. The van der Waals surface area contributed by atoms with Crippen molar-refractivity contribution >= 4 is 57.4 Å². The molecule has 0 spiro atoms. The van der Waals surface area contributed by atoms with E-state index in [1.165, 1.54) is 0 Å². The summed E-state index contributed by atoms with van der Waals surface area (Å²) in [5.41, 5.74) is 1.74. The maximum Gasteiger partial charge on any atom is 0.257 e. The molecule has 0 aliphatic carbocycles. The van der Waals surface area contributed by atoms with Crippen LogP contribution in [0.2, 0.25) is 0 Å². The van der Waals surface area contributed by atoms with Gasteiger partial charge in [-0.25, -0.2) is 0 Å². The number of nitrogens with zero attached hydrogens (tertiary/aromatic N) is 1. The van der Waals surface area contributed by atoms with Gasteiger partial charge in [-0.15, -0.1) is 0 Å². The summed E-state index contributed by atoms with van der Waals surface area (Å²) in [6.45, 7) is 3.79. The molecule has 2 N–H and O–H groups in total. The first kappa shape index (κ1) is 22.5. The standard InChI is InChI=1S/C22H24IN3O3S/c1-14-8-10-26(11-9-14)21(28)16-4-3-5-17(12-16)24-22(30)25-20(27)15-6-7-19(29-2)18(23)13-15/h3-7,12-14H,8-11H2,1-2H3,(H2,24,25,27,30). The van der Waals surface area contributed by atoms with Crippen molar-refractivity contribution in [3.8, 4) is 5.75 Å². The van der Waals surface area contributed by atoms with E-state index >= 15 is 0 Å². The van der Waals surface area contributed by atoms with Crippen molar-refractivity contribution in [2.75, 3.05) is 25.5 Å². The molecule has 1 heterocycles. The Morgan fingerprint density at radius 1 is 1.13 bits per heavy atom. The van der Waals surface area contributed by atoms with Gasteiger partial charge in [0, 0.05) is 29.9 Å². The number of benzene rings is 2. The van der Waals surface area contributed by atoms with Gasteiger partial charge in [0.15, 0.2) is 5.11 Å². The topological polar surface area (TPSA) is 70.7 Å². The Hall–Kier alpha value is -2.20. The summed E-state index contributed by atoms with van der Waals surface area (Å²) in [6, 6.07) is 12.3. The molecule has 1 fully saturated rings. The van der Waals surface area contributed by atoms with E-state index in [2.05, 4.69) is 40.1 Å². The molecule has 0 aromatic heterocycles. The number of ether oxygens (including phenoxy) is 1. The number of thiocarbonyl (C=S) groups is 1. The highest BCUT2D eigenvalue weighted by molar-refractivity contribution is 14.1. The summed E-state index contributed by atoms with van der Waals surface area (Å²) < 4.78 is 6.04. The number of hydrogen-bond acceptors (Lipinski definition) is 4. The monoisotopic (exact) mass is 537 g/mol. The zero-order chi connectivity index (χ0) is 21.7. The molecule has 0 bridgehead atoms. The van der Waals surface area contributed by atoms with Crippen LogP contribution in [0.1, 0.15) is 40.5 Å². The Morgan fingerprint density at radius 3 is 2.53 bits per heavy atom. The van der Waals surface area contributed by atoms with Gasteiger partial charge in [-0.05, 0) is 90.0 Å². The number of rotatable bonds is 4. The minimum atomic E-state index is -0.317. The Kier molecular flexibility index (Phi) is 7.65. The van der Waals surface area contributed by atoms with E-state index in [0.29, 0.717) is 28.5 Å². The minimum absolute atomic E-state index is 0.0216. The molecule has 0 radical (unpaired) electrons. The number of carbonyl (C=O) groups is 2. The number of halogens is 1. The number of anilines is 1. The fourth-order valence-electron chi connectivity index (χ4n) is 3.27. The minimum Gasteiger partial charge on any atom is -0.496 e. The van der Waals surface area contributed by atoms with E-state index in [0.717, 1.165) is 29.5 Å². The van der Waals surface area contributed by atoms with Crippen LogP contribution in [0.5, 0.6) is 5.75 Å². The van der Waals surface area contributed by atoms with E-state index in [1.54, 1.807) is 43.5 Å². The first-order valence-electron chi connectivity index (χ1n) is 9.72. The first-order chi connectivity index (χ1) is 14.4. The molecule has 0 unspecified atom stereocenters. The Bertz CT molecular complexity index is 958. The van der Waals surface area contributed by atoms with Gasteiger partial charge in [-0.1, -0.05) is 13.0 Å². The fourth-order valence-corrected chi connectivity index (χ4v) is 4.22. The second-order valence-corrected chi connectivity index (χ2v) is 8.88. The predicted octanol–water partition coefficient (Wildman–Crippen LogP) is 4.30. The van der Waals surface area contributed by atoms with Gasteiger partial charge in [0.2, 0.25) is 0 Å². The Morgan fingerprint density at radius 2 is 1.87 bits per heavy atom. The highest BCUT2D eigenvalue weighted by Gasteiger charge is 2.21. The van der Waals surface area contributed by atoms with Gasteiger partial charge in [0.05, 0.1) is 10.7 Å². The van der Waals surface area contributed by atoms with Crippen LogP contribution in [0.15, 0.2) is 42.5 Å². The molecular weight excluding hydrogens is 513 g/mol. The number of methoxy groups -OCH3 is 1. The van der Waals surface area contributed by atoms with Gasteiger partial charge in [0.1, 0.15) is 5.75 Å². The molecule has 1 saturated heterocycles. The molecule has 0 atom stereocenters. The lowest BCUT2D eigenvalue weighted by molar-refractivity contribution is 0.0697. The lowest BCUT2D eigenvalue weighted by atomic mass is 9.98. The third-order valence-electron chi connectivity index (χ3n) is 5.08. The van der Waals surface area contributed by atoms with Crippen LogP contribution in [0.25, 0.3) is 0 Å². The van der Waals surface area contributed by atoms with Crippen LogP contribution >= 0.6 is 34.8 Å². The molecule has 2 aromatic rings. The van der Waals surface area contributed by atoms with E-state index in [9.17, 15) is 9.59 Å². The number of likely N-dealkylation sites (tertiary alicyclic amines) is 1. The molecule has 0 saturated carbocycles. The number of piperidine rings is 1. The van der Waals surface area contributed by atoms with Crippen molar-refractivity contribution < 1.29 is 14.3 Å². The average Bonchev–Trinajstić information content (AvgIpc) is 2.73. The molecule has 3 rings (SSSR count). The van der Waals surface area contributed by atoms with Gasteiger partial charge in [-0.2, -0.15) is 0 Å².